The van der Waals surface area contributed by atoms with E-state index in [0.717, 1.165) is 17.6 Å². The van der Waals surface area contributed by atoms with Crippen molar-refractivity contribution in [1.82, 2.24) is 9.88 Å². The zero-order valence-corrected chi connectivity index (χ0v) is 10.2. The van der Waals surface area contributed by atoms with Crippen LogP contribution in [0.15, 0.2) is 24.3 Å². The summed E-state index contributed by atoms with van der Waals surface area (Å²) >= 11 is 0. The van der Waals surface area contributed by atoms with E-state index < -0.39 is 0 Å². The van der Waals surface area contributed by atoms with Crippen molar-refractivity contribution in [3.8, 4) is 0 Å². The molecule has 17 heavy (non-hydrogen) atoms. The third-order valence-electron chi connectivity index (χ3n) is 3.10. The summed E-state index contributed by atoms with van der Waals surface area (Å²) in [6, 6.07) is 7.80. The van der Waals surface area contributed by atoms with Crippen LogP contribution in [-0.2, 0) is 6.42 Å². The number of para-hydroxylation sites is 1. The number of likely N-dealkylation sites (N-methyl/N-ethyl adjacent to an activating group) is 1. The van der Waals surface area contributed by atoms with Crippen molar-refractivity contribution < 1.29 is 4.79 Å². The first-order valence-corrected chi connectivity index (χ1v) is 5.66. The summed E-state index contributed by atoms with van der Waals surface area (Å²) in [5.41, 5.74) is 8.76. The number of hydrogen-bond acceptors (Lipinski definition) is 1. The first-order valence-electron chi connectivity index (χ1n) is 5.66. The van der Waals surface area contributed by atoms with E-state index in [1.54, 1.807) is 7.05 Å². The number of hydrogen-bond donors (Lipinski definition) is 2. The Morgan fingerprint density at radius 1 is 1.41 bits per heavy atom. The Bertz CT molecular complexity index is 545. The van der Waals surface area contributed by atoms with Gasteiger partial charge in [-0.05, 0) is 25.0 Å². The number of aromatic amines is 1. The first kappa shape index (κ1) is 11.5. The third-order valence-corrected chi connectivity index (χ3v) is 3.10. The van der Waals surface area contributed by atoms with Crippen molar-refractivity contribution in [2.45, 2.75) is 13.3 Å². The van der Waals surface area contributed by atoms with Crippen molar-refractivity contribution in [2.24, 2.45) is 5.73 Å². The second kappa shape index (κ2) is 4.49. The Kier molecular flexibility index (Phi) is 3.04. The van der Waals surface area contributed by atoms with Gasteiger partial charge in [0, 0.05) is 30.2 Å². The minimum absolute atomic E-state index is 0.387. The van der Waals surface area contributed by atoms with E-state index >= 15 is 0 Å². The summed E-state index contributed by atoms with van der Waals surface area (Å²) in [5.74, 6) is 0. The van der Waals surface area contributed by atoms with E-state index in [4.69, 9.17) is 5.73 Å². The summed E-state index contributed by atoms with van der Waals surface area (Å²) in [4.78, 5) is 15.8. The number of carbonyl (C=O) groups is 1. The molecular weight excluding hydrogens is 214 g/mol. The molecule has 2 amide bonds. The van der Waals surface area contributed by atoms with Crippen LogP contribution in [-0.4, -0.2) is 29.5 Å². The molecule has 90 valence electrons. The molecule has 1 heterocycles. The number of rotatable bonds is 3. The van der Waals surface area contributed by atoms with Crippen molar-refractivity contribution in [2.75, 3.05) is 13.6 Å². The van der Waals surface area contributed by atoms with Crippen LogP contribution in [0.2, 0.25) is 0 Å². The standard InChI is InChI=1S/C13H17N3O/c1-9-10(7-8-16(2)13(14)17)11-5-3-4-6-12(11)15-9/h3-6,15H,7-8H2,1-2H3,(H2,14,17). The Hall–Kier alpha value is -1.97. The molecule has 0 saturated heterocycles. The third kappa shape index (κ3) is 2.25. The number of aromatic nitrogens is 1. The molecule has 0 spiro atoms. The number of nitrogens with one attached hydrogen (secondary N) is 1. The molecule has 0 aliphatic carbocycles. The van der Waals surface area contributed by atoms with Crippen molar-refractivity contribution in [1.29, 1.82) is 0 Å². The highest BCUT2D eigenvalue weighted by Crippen LogP contribution is 2.22. The predicted molar refractivity (Wildman–Crippen MR) is 69.0 cm³/mol. The van der Waals surface area contributed by atoms with Gasteiger partial charge in [-0.1, -0.05) is 18.2 Å². The number of benzene rings is 1. The van der Waals surface area contributed by atoms with Gasteiger partial charge in [0.15, 0.2) is 0 Å². The number of amides is 2. The number of primary amides is 1. The fraction of sp³-hybridized carbons (Fsp3) is 0.308. The summed E-state index contributed by atoms with van der Waals surface area (Å²) in [6.07, 6.45) is 0.815. The Balaban J connectivity index is 2.23. The van der Waals surface area contributed by atoms with Crippen LogP contribution in [0.5, 0.6) is 0 Å². The Morgan fingerprint density at radius 2 is 2.12 bits per heavy atom. The number of nitrogens with two attached hydrogens (primary N) is 1. The van der Waals surface area contributed by atoms with E-state index in [1.165, 1.54) is 15.8 Å². The summed E-state index contributed by atoms with van der Waals surface area (Å²) in [5, 5.41) is 1.22. The number of carbonyl (C=O) groups excluding carboxylic acids is 1. The lowest BCUT2D eigenvalue weighted by Gasteiger charge is -2.13. The van der Waals surface area contributed by atoms with E-state index in [9.17, 15) is 4.79 Å². The SMILES string of the molecule is Cc1[nH]c2ccccc2c1CCN(C)C(N)=O. The zero-order valence-electron chi connectivity index (χ0n) is 10.2. The Labute approximate surface area is 100 Å². The zero-order chi connectivity index (χ0) is 12.4. The minimum atomic E-state index is -0.387. The van der Waals surface area contributed by atoms with Crippen LogP contribution in [0, 0.1) is 6.92 Å². The molecule has 0 fully saturated rings. The second-order valence-electron chi connectivity index (χ2n) is 4.28. The molecule has 4 nitrogen and oxygen atoms in total. The summed E-state index contributed by atoms with van der Waals surface area (Å²) in [7, 11) is 1.71. The second-order valence-corrected chi connectivity index (χ2v) is 4.28. The lowest BCUT2D eigenvalue weighted by molar-refractivity contribution is 0.219. The number of urea groups is 1. The largest absolute Gasteiger partial charge is 0.358 e. The summed E-state index contributed by atoms with van der Waals surface area (Å²) in [6.45, 7) is 2.69. The lowest BCUT2D eigenvalue weighted by atomic mass is 10.1. The molecule has 2 aromatic rings. The van der Waals surface area contributed by atoms with Crippen LogP contribution >= 0.6 is 0 Å². The highest BCUT2D eigenvalue weighted by atomic mass is 16.2. The van der Waals surface area contributed by atoms with Crippen LogP contribution < -0.4 is 5.73 Å². The average molecular weight is 231 g/mol. The number of aryl methyl sites for hydroxylation is 1. The van der Waals surface area contributed by atoms with E-state index in [-0.39, 0.29) is 6.03 Å². The van der Waals surface area contributed by atoms with Gasteiger partial charge in [-0.25, -0.2) is 4.79 Å². The van der Waals surface area contributed by atoms with Gasteiger partial charge < -0.3 is 15.6 Å². The van der Waals surface area contributed by atoms with Crippen LogP contribution in [0.3, 0.4) is 0 Å². The fourth-order valence-corrected chi connectivity index (χ4v) is 2.05. The molecule has 3 N–H and O–H groups in total. The molecule has 4 heteroatoms. The van der Waals surface area contributed by atoms with Crippen LogP contribution in [0.1, 0.15) is 11.3 Å². The van der Waals surface area contributed by atoms with Gasteiger partial charge in [0.1, 0.15) is 0 Å². The number of H-pyrrole nitrogens is 1. The van der Waals surface area contributed by atoms with Crippen molar-refractivity contribution in [3.05, 3.63) is 35.5 Å². The lowest BCUT2D eigenvalue weighted by Crippen LogP contribution is -2.33. The van der Waals surface area contributed by atoms with Crippen LogP contribution in [0.25, 0.3) is 10.9 Å². The molecule has 0 unspecified atom stereocenters. The molecule has 2 rings (SSSR count). The average Bonchev–Trinajstić information content (AvgIpc) is 2.61. The highest BCUT2D eigenvalue weighted by Gasteiger charge is 2.09. The van der Waals surface area contributed by atoms with Crippen molar-refractivity contribution >= 4 is 16.9 Å². The van der Waals surface area contributed by atoms with E-state index in [0.29, 0.717) is 6.54 Å². The molecule has 0 aliphatic heterocycles. The van der Waals surface area contributed by atoms with Gasteiger partial charge in [-0.15, -0.1) is 0 Å². The van der Waals surface area contributed by atoms with E-state index in [2.05, 4.69) is 24.0 Å². The number of nitrogens with zero attached hydrogens (tertiary/aromatic N) is 1. The van der Waals surface area contributed by atoms with E-state index in [1.807, 2.05) is 12.1 Å². The normalized spacial score (nSPS) is 10.7. The topological polar surface area (TPSA) is 62.1 Å². The molecule has 1 aromatic heterocycles. The van der Waals surface area contributed by atoms with Gasteiger partial charge in [-0.3, -0.25) is 0 Å². The maximum Gasteiger partial charge on any atom is 0.314 e. The van der Waals surface area contributed by atoms with Gasteiger partial charge in [0.05, 0.1) is 0 Å². The van der Waals surface area contributed by atoms with Gasteiger partial charge >= 0.3 is 6.03 Å². The molecule has 1 aromatic carbocycles. The monoisotopic (exact) mass is 231 g/mol. The Morgan fingerprint density at radius 3 is 2.82 bits per heavy atom. The van der Waals surface area contributed by atoms with Crippen molar-refractivity contribution in [3.63, 3.8) is 0 Å². The first-order chi connectivity index (χ1) is 8.09. The smallest absolute Gasteiger partial charge is 0.314 e. The molecule has 0 aliphatic rings. The number of fused-ring (bicyclic) bond motifs is 1. The molecule has 0 bridgehead atoms. The maximum atomic E-state index is 10.9. The van der Waals surface area contributed by atoms with Gasteiger partial charge in [-0.2, -0.15) is 0 Å². The van der Waals surface area contributed by atoms with Gasteiger partial charge in [0.2, 0.25) is 0 Å². The molecular formula is C13H17N3O. The maximum absolute atomic E-state index is 10.9. The highest BCUT2D eigenvalue weighted by molar-refractivity contribution is 5.84. The predicted octanol–water partition coefficient (Wildman–Crippen LogP) is 2.03. The quantitative estimate of drug-likeness (QED) is 0.834. The fourth-order valence-electron chi connectivity index (χ4n) is 2.05. The molecule has 0 radical (unpaired) electrons. The molecule has 0 atom stereocenters. The minimum Gasteiger partial charge on any atom is -0.358 e. The van der Waals surface area contributed by atoms with Gasteiger partial charge in [0.25, 0.3) is 0 Å². The molecule has 0 saturated carbocycles. The summed E-state index contributed by atoms with van der Waals surface area (Å²) < 4.78 is 0. The van der Waals surface area contributed by atoms with Crippen LogP contribution in [0.4, 0.5) is 4.79 Å².